The number of hydrogen-bond acceptors (Lipinski definition) is 6. The minimum Gasteiger partial charge on any atom is -0.135 e. The molecule has 0 spiro atoms. The van der Waals surface area contributed by atoms with Crippen LogP contribution in [0.3, 0.4) is 0 Å². The molecule has 0 saturated heterocycles. The highest BCUT2D eigenvalue weighted by molar-refractivity contribution is 7.28. The Balaban J connectivity index is 0.0000000892. The van der Waals surface area contributed by atoms with E-state index in [1.165, 1.54) is 335 Å². The topological polar surface area (TPSA) is 0 Å². The van der Waals surface area contributed by atoms with Gasteiger partial charge in [0.15, 0.2) is 0 Å². The first-order valence-corrected chi connectivity index (χ1v) is 54.9. The lowest BCUT2D eigenvalue weighted by atomic mass is 9.98. The van der Waals surface area contributed by atoms with Crippen molar-refractivity contribution in [1.29, 1.82) is 0 Å². The molecule has 6 aromatic heterocycles. The van der Waals surface area contributed by atoms with Gasteiger partial charge in [-0.25, -0.2) is 0 Å². The van der Waals surface area contributed by atoms with E-state index in [0.29, 0.717) is 0 Å². The Hall–Kier alpha value is -14.3. The van der Waals surface area contributed by atoms with Gasteiger partial charge in [-0.15, -0.1) is 68.0 Å². The molecule has 0 amide bonds. The Kier molecular flexibility index (Phi) is 23.4. The second-order valence-corrected chi connectivity index (χ2v) is 44.6. The zero-order valence-electron chi connectivity index (χ0n) is 79.9. The fourth-order valence-electron chi connectivity index (χ4n) is 22.3. The monoisotopic (exact) mass is 1910 g/mol. The van der Waals surface area contributed by atoms with Crippen molar-refractivity contribution in [3.05, 3.63) is 434 Å². The highest BCUT2D eigenvalue weighted by atomic mass is 32.1. The van der Waals surface area contributed by atoms with Crippen LogP contribution in [0.1, 0.15) is 92.7 Å². The molecule has 0 aliphatic carbocycles. The van der Waals surface area contributed by atoms with E-state index >= 15 is 0 Å². The first-order valence-electron chi connectivity index (χ1n) is 50.0. The van der Waals surface area contributed by atoms with E-state index in [-0.39, 0.29) is 0 Å². The van der Waals surface area contributed by atoms with Crippen molar-refractivity contribution in [2.75, 3.05) is 0 Å². The summed E-state index contributed by atoms with van der Waals surface area (Å²) in [7, 11) is 0. The molecule has 0 bridgehead atoms. The SMILES string of the molecule is CCCCCc1cccc2c1sc1ccc3cc4ccccc4cc3c12.CCCCc1cccc2c1sc1ccc3cc4ccccc4cc3c12.CCCc1cccc2c1sc1ccc3cc4ccccc4cc3c12.Cc1cccc2c1sc1ccc3cc4ccccc4cc3c12.Cc1cccc2c1sc1ccc3cc4ccccc4cc3c12.Cc1cccc2c1sc1ccc3cc4ccccc4cc3c12. The number of benzene rings is 24. The summed E-state index contributed by atoms with van der Waals surface area (Å²) >= 11 is 11.6. The molecule has 141 heavy (non-hydrogen) atoms. The van der Waals surface area contributed by atoms with Gasteiger partial charge in [-0.05, 0) is 325 Å². The van der Waals surface area contributed by atoms with Crippen molar-refractivity contribution >= 4 is 318 Å². The molecule has 6 heteroatoms. The van der Waals surface area contributed by atoms with Gasteiger partial charge in [0.1, 0.15) is 0 Å². The number of rotatable bonds is 9. The van der Waals surface area contributed by atoms with Crippen LogP contribution in [0.15, 0.2) is 400 Å². The van der Waals surface area contributed by atoms with Gasteiger partial charge in [-0.3, -0.25) is 0 Å². The lowest BCUT2D eigenvalue weighted by Crippen LogP contribution is -1.85. The third kappa shape index (κ3) is 16.1. The van der Waals surface area contributed by atoms with Crippen LogP contribution in [0, 0.1) is 20.8 Å². The molecule has 30 rings (SSSR count). The maximum Gasteiger partial charge on any atom is 0.0387 e. The van der Waals surface area contributed by atoms with Crippen LogP contribution in [0.4, 0.5) is 0 Å². The Morgan fingerprint density at radius 1 is 0.149 bits per heavy atom. The summed E-state index contributed by atoms with van der Waals surface area (Å²) in [6, 6.07) is 148. The number of unbranched alkanes of at least 4 members (excludes halogenated alkanes) is 3. The largest absolute Gasteiger partial charge is 0.135 e. The summed E-state index contributed by atoms with van der Waals surface area (Å²) < 4.78 is 17.0. The minimum absolute atomic E-state index is 1.16. The average molecular weight is 1920 g/mol. The number of aryl methyl sites for hydroxylation is 6. The molecule has 6 heterocycles. The van der Waals surface area contributed by atoms with Gasteiger partial charge in [-0.1, -0.05) is 338 Å². The number of hydrogen-bond donors (Lipinski definition) is 0. The summed E-state index contributed by atoms with van der Waals surface area (Å²) in [6.07, 6.45) is 11.1. The Labute approximate surface area is 843 Å². The van der Waals surface area contributed by atoms with Gasteiger partial charge >= 0.3 is 0 Å². The molecular formula is C135H102S6. The number of thiophene rings is 6. The van der Waals surface area contributed by atoms with Gasteiger partial charge in [0, 0.05) is 121 Å². The van der Waals surface area contributed by atoms with Crippen molar-refractivity contribution in [3.8, 4) is 0 Å². The van der Waals surface area contributed by atoms with Crippen LogP contribution < -0.4 is 0 Å². The molecule has 30 aromatic rings. The minimum atomic E-state index is 1.16. The van der Waals surface area contributed by atoms with Gasteiger partial charge in [0.25, 0.3) is 0 Å². The van der Waals surface area contributed by atoms with E-state index in [9.17, 15) is 0 Å². The molecule has 0 N–H and O–H groups in total. The predicted molar refractivity (Wildman–Crippen MR) is 636 cm³/mol. The lowest BCUT2D eigenvalue weighted by Gasteiger charge is -2.05. The Bertz CT molecular complexity index is 9770. The fraction of sp³-hybridized carbons (Fsp3) is 0.111. The van der Waals surface area contributed by atoms with E-state index < -0.39 is 0 Å². The van der Waals surface area contributed by atoms with E-state index in [2.05, 4.69) is 442 Å². The summed E-state index contributed by atoms with van der Waals surface area (Å²) in [6.45, 7) is 13.4. The molecule has 0 saturated carbocycles. The normalized spacial score (nSPS) is 11.9. The van der Waals surface area contributed by atoms with E-state index in [4.69, 9.17) is 0 Å². The molecule has 0 unspecified atom stereocenters. The van der Waals surface area contributed by atoms with E-state index in [1.54, 1.807) is 0 Å². The highest BCUT2D eigenvalue weighted by Crippen LogP contribution is 2.49. The van der Waals surface area contributed by atoms with Crippen LogP contribution in [-0.2, 0) is 19.3 Å². The second kappa shape index (κ2) is 37.4. The van der Waals surface area contributed by atoms with Crippen LogP contribution >= 0.6 is 68.0 Å². The second-order valence-electron chi connectivity index (χ2n) is 38.3. The van der Waals surface area contributed by atoms with Crippen LogP contribution in [0.5, 0.6) is 0 Å². The Morgan fingerprint density at radius 2 is 0.348 bits per heavy atom. The van der Waals surface area contributed by atoms with Crippen molar-refractivity contribution in [2.45, 2.75) is 99.3 Å². The molecule has 0 aliphatic rings. The molecule has 0 aliphatic heterocycles. The molecule has 0 atom stereocenters. The fourth-order valence-corrected chi connectivity index (χ4v) is 29.6. The van der Waals surface area contributed by atoms with Crippen molar-refractivity contribution in [2.24, 2.45) is 0 Å². The van der Waals surface area contributed by atoms with E-state index in [1.807, 2.05) is 68.0 Å². The summed E-state index contributed by atoms with van der Waals surface area (Å²) in [5.74, 6) is 0. The van der Waals surface area contributed by atoms with E-state index in [0.717, 1.165) is 6.42 Å². The molecule has 0 radical (unpaired) electrons. The van der Waals surface area contributed by atoms with Crippen molar-refractivity contribution in [1.82, 2.24) is 0 Å². The third-order valence-electron chi connectivity index (χ3n) is 29.3. The van der Waals surface area contributed by atoms with Crippen LogP contribution in [-0.4, -0.2) is 0 Å². The smallest absolute Gasteiger partial charge is 0.0387 e. The van der Waals surface area contributed by atoms with Gasteiger partial charge in [-0.2, -0.15) is 0 Å². The summed E-state index contributed by atoms with van der Waals surface area (Å²) in [5.41, 5.74) is 8.62. The zero-order valence-corrected chi connectivity index (χ0v) is 84.8. The molecular weight excluding hydrogens is 1810 g/mol. The van der Waals surface area contributed by atoms with Gasteiger partial charge in [0.2, 0.25) is 0 Å². The lowest BCUT2D eigenvalue weighted by molar-refractivity contribution is 0.720. The van der Waals surface area contributed by atoms with Gasteiger partial charge < -0.3 is 0 Å². The maximum absolute atomic E-state index is 2.38. The van der Waals surface area contributed by atoms with Crippen LogP contribution in [0.2, 0.25) is 0 Å². The highest BCUT2D eigenvalue weighted by Gasteiger charge is 2.21. The van der Waals surface area contributed by atoms with Crippen LogP contribution in [0.25, 0.3) is 250 Å². The first kappa shape index (κ1) is 88.2. The predicted octanol–water partition coefficient (Wildman–Crippen LogP) is 43.1. The molecule has 0 nitrogen and oxygen atoms in total. The quantitative estimate of drug-likeness (QED) is 0.0998. The molecule has 678 valence electrons. The average Bonchev–Trinajstić information content (AvgIpc) is 1.62. The standard InChI is InChI=1S/C25H22S.C24H20S.C23H18S.3C21H14S/c1-2-3-4-8-17-11-7-12-21-24-22-16-19-10-6-5-9-18(19)15-20(22)13-14-23(24)26-25(17)21;1-2-3-7-16-10-6-11-20-23-21-15-18-9-5-4-8-17(18)14-19(21)12-13-22(23)25-24(16)20;1-2-6-15-9-5-10-19-22-20-14-17-8-4-3-7-16(17)13-18(20)11-12-21(22)24-23(15)19;3*1-13-5-4-8-17-20-18-12-15-7-3-2-6-14(15)11-16(18)9-10-19(20)22-21(13)17/h5-7,9-16H,2-4,8H2,1H3;4-6,8-15H,2-3,7H2,1H3;3-5,7-14H,2,6H2,1H3;3*2-12H,1H3. The summed E-state index contributed by atoms with van der Waals surface area (Å²) in [5, 5.41) is 49.0. The third-order valence-corrected chi connectivity index (χ3v) is 36.9. The first-order chi connectivity index (χ1) is 69.5. The van der Waals surface area contributed by atoms with Crippen molar-refractivity contribution in [3.63, 3.8) is 0 Å². The summed E-state index contributed by atoms with van der Waals surface area (Å²) in [4.78, 5) is 0. The van der Waals surface area contributed by atoms with Crippen molar-refractivity contribution < 1.29 is 0 Å². The molecule has 24 aromatic carbocycles. The molecule has 0 fully saturated rings. The van der Waals surface area contributed by atoms with Gasteiger partial charge in [0.05, 0.1) is 0 Å². The number of fused-ring (bicyclic) bond motifs is 36. The maximum atomic E-state index is 2.38. The Morgan fingerprint density at radius 3 is 0.574 bits per heavy atom. The zero-order chi connectivity index (χ0) is 94.5.